The van der Waals surface area contributed by atoms with Crippen LogP contribution >= 0.6 is 11.3 Å². The number of fused-ring (bicyclic) bond motifs is 1. The van der Waals surface area contributed by atoms with Crippen LogP contribution in [0.1, 0.15) is 5.82 Å². The second-order valence-electron chi connectivity index (χ2n) is 6.02. The summed E-state index contributed by atoms with van der Waals surface area (Å²) in [5.41, 5.74) is 0.715. The van der Waals surface area contributed by atoms with E-state index >= 15 is 0 Å². The molecule has 1 N–H and O–H groups in total. The van der Waals surface area contributed by atoms with Crippen molar-refractivity contribution in [3.8, 4) is 0 Å². The van der Waals surface area contributed by atoms with Gasteiger partial charge in [0.25, 0.3) is 10.0 Å². The van der Waals surface area contributed by atoms with Crippen LogP contribution in [0.2, 0.25) is 0 Å². The second-order valence-corrected chi connectivity index (χ2v) is 8.76. The number of hydrogen-bond donors (Lipinski definition) is 1. The minimum absolute atomic E-state index is 0.0931. The first-order valence-corrected chi connectivity index (χ1v) is 11.0. The first-order valence-electron chi connectivity index (χ1n) is 8.70. The topological polar surface area (TPSA) is 84.4 Å². The van der Waals surface area contributed by atoms with E-state index in [0.717, 1.165) is 23.6 Å². The summed E-state index contributed by atoms with van der Waals surface area (Å²) in [6, 6.07) is 1.74. The van der Waals surface area contributed by atoms with Gasteiger partial charge in [-0.2, -0.15) is 0 Å². The van der Waals surface area contributed by atoms with Crippen molar-refractivity contribution in [2.45, 2.75) is 6.92 Å². The molecule has 148 valence electrons. The summed E-state index contributed by atoms with van der Waals surface area (Å²) < 4.78 is 34.4. The van der Waals surface area contributed by atoms with Gasteiger partial charge in [0, 0.05) is 13.1 Å². The number of aromatic nitrogens is 2. The van der Waals surface area contributed by atoms with Gasteiger partial charge >= 0.3 is 0 Å². The molecule has 3 rings (SSSR count). The van der Waals surface area contributed by atoms with E-state index in [2.05, 4.69) is 32.7 Å². The fraction of sp³-hybridized carbons (Fsp3) is 0.263. The Balaban J connectivity index is 1.98. The number of aryl methyl sites for hydroxylation is 1. The molecule has 0 saturated carbocycles. The van der Waals surface area contributed by atoms with Crippen molar-refractivity contribution in [2.75, 3.05) is 35.9 Å². The molecule has 0 radical (unpaired) electrons. The van der Waals surface area contributed by atoms with Crippen molar-refractivity contribution < 1.29 is 13.2 Å². The van der Waals surface area contributed by atoms with Gasteiger partial charge in [-0.15, -0.1) is 11.3 Å². The van der Waals surface area contributed by atoms with Crippen LogP contribution in [0.3, 0.4) is 0 Å². The second kappa shape index (κ2) is 8.68. The van der Waals surface area contributed by atoms with E-state index in [1.165, 1.54) is 35.6 Å². The minimum Gasteiger partial charge on any atom is -0.378 e. The summed E-state index contributed by atoms with van der Waals surface area (Å²) in [6.07, 6.45) is 7.40. The van der Waals surface area contributed by atoms with E-state index in [1.807, 2.05) is 6.92 Å². The standard InChI is InChI=1S/C19H22N4O3S2/c1-4-6-8-15(7-5-2)28(24,25)22-17-13-16-18(27-17)19(21-14(3)20-16)23-9-11-26-12-10-23/h4-8,13,22H,1-2,9-12H2,3H3/b8-6-,15-7+. The summed E-state index contributed by atoms with van der Waals surface area (Å²) in [6.45, 7) is 11.7. The maximum atomic E-state index is 12.8. The van der Waals surface area contributed by atoms with Crippen molar-refractivity contribution in [2.24, 2.45) is 0 Å². The maximum absolute atomic E-state index is 12.8. The van der Waals surface area contributed by atoms with Gasteiger partial charge in [-0.25, -0.2) is 18.4 Å². The fourth-order valence-electron chi connectivity index (χ4n) is 2.77. The zero-order valence-corrected chi connectivity index (χ0v) is 17.2. The van der Waals surface area contributed by atoms with Gasteiger partial charge in [0.05, 0.1) is 28.3 Å². The molecule has 3 heterocycles. The van der Waals surface area contributed by atoms with Crippen molar-refractivity contribution in [1.29, 1.82) is 0 Å². The Morgan fingerprint density at radius 3 is 2.71 bits per heavy atom. The molecule has 1 saturated heterocycles. The lowest BCUT2D eigenvalue weighted by Crippen LogP contribution is -2.36. The molecule has 0 unspecified atom stereocenters. The van der Waals surface area contributed by atoms with Crippen LogP contribution in [-0.4, -0.2) is 44.7 Å². The maximum Gasteiger partial charge on any atom is 0.262 e. The molecule has 0 aromatic carbocycles. The highest BCUT2D eigenvalue weighted by Crippen LogP contribution is 2.36. The Kier molecular flexibility index (Phi) is 6.28. The van der Waals surface area contributed by atoms with Crippen LogP contribution in [-0.2, 0) is 14.8 Å². The predicted octanol–water partition coefficient (Wildman–Crippen LogP) is 3.39. The normalized spacial score (nSPS) is 15.9. The van der Waals surface area contributed by atoms with Crippen molar-refractivity contribution >= 4 is 42.4 Å². The molecule has 1 aliphatic heterocycles. The first-order chi connectivity index (χ1) is 13.4. The lowest BCUT2D eigenvalue weighted by molar-refractivity contribution is 0.122. The van der Waals surface area contributed by atoms with Crippen molar-refractivity contribution in [3.05, 3.63) is 60.3 Å². The van der Waals surface area contributed by atoms with Crippen LogP contribution in [0.15, 0.2) is 54.5 Å². The Morgan fingerprint density at radius 1 is 1.29 bits per heavy atom. The van der Waals surface area contributed by atoms with E-state index in [4.69, 9.17) is 4.74 Å². The third-order valence-electron chi connectivity index (χ3n) is 4.00. The zero-order valence-electron chi connectivity index (χ0n) is 15.6. The molecule has 2 aromatic rings. The minimum atomic E-state index is -3.77. The number of sulfonamides is 1. The molecule has 1 fully saturated rings. The van der Waals surface area contributed by atoms with Gasteiger partial charge in [0.1, 0.15) is 10.8 Å². The van der Waals surface area contributed by atoms with E-state index in [0.29, 0.717) is 29.6 Å². The van der Waals surface area contributed by atoms with E-state index in [9.17, 15) is 8.42 Å². The largest absolute Gasteiger partial charge is 0.378 e. The molecule has 2 aromatic heterocycles. The molecule has 28 heavy (non-hydrogen) atoms. The highest BCUT2D eigenvalue weighted by atomic mass is 32.2. The number of allylic oxidation sites excluding steroid dienone is 5. The summed E-state index contributed by atoms with van der Waals surface area (Å²) in [5.74, 6) is 1.46. The molecule has 7 nitrogen and oxygen atoms in total. The lowest BCUT2D eigenvalue weighted by Gasteiger charge is -2.28. The number of anilines is 2. The number of thiophene rings is 1. The monoisotopic (exact) mass is 418 g/mol. The smallest absolute Gasteiger partial charge is 0.262 e. The summed E-state index contributed by atoms with van der Waals surface area (Å²) in [5, 5.41) is 0.478. The van der Waals surface area contributed by atoms with Gasteiger partial charge in [0.15, 0.2) is 5.82 Å². The third kappa shape index (κ3) is 4.49. The van der Waals surface area contributed by atoms with Crippen LogP contribution < -0.4 is 9.62 Å². The van der Waals surface area contributed by atoms with Crippen LogP contribution in [0.5, 0.6) is 0 Å². The Morgan fingerprint density at radius 2 is 2.04 bits per heavy atom. The summed E-state index contributed by atoms with van der Waals surface area (Å²) in [4.78, 5) is 11.3. The zero-order chi connectivity index (χ0) is 20.1. The van der Waals surface area contributed by atoms with E-state index in [1.54, 1.807) is 12.1 Å². The van der Waals surface area contributed by atoms with Crippen molar-refractivity contribution in [3.63, 3.8) is 0 Å². The number of nitrogens with zero attached hydrogens (tertiary/aromatic N) is 3. The number of nitrogens with one attached hydrogen (secondary N) is 1. The molecule has 0 atom stereocenters. The highest BCUT2D eigenvalue weighted by molar-refractivity contribution is 7.96. The Labute approximate surface area is 168 Å². The molecule has 0 aliphatic carbocycles. The van der Waals surface area contributed by atoms with Gasteiger partial charge in [-0.05, 0) is 25.1 Å². The summed E-state index contributed by atoms with van der Waals surface area (Å²) >= 11 is 1.32. The molecule has 0 bridgehead atoms. The van der Waals surface area contributed by atoms with Gasteiger partial charge in [-0.1, -0.05) is 31.4 Å². The lowest BCUT2D eigenvalue weighted by atomic mass is 10.3. The van der Waals surface area contributed by atoms with Gasteiger partial charge < -0.3 is 9.64 Å². The average molecular weight is 419 g/mol. The van der Waals surface area contributed by atoms with Crippen LogP contribution in [0, 0.1) is 6.92 Å². The Bertz CT molecular complexity index is 1050. The number of hydrogen-bond acceptors (Lipinski definition) is 7. The summed E-state index contributed by atoms with van der Waals surface area (Å²) in [7, 11) is -3.77. The SMILES string of the molecule is C=C/C=C\C(=C/C=C)S(=O)(=O)Nc1cc2nc(C)nc(N3CCOCC3)c2s1. The van der Waals surface area contributed by atoms with Crippen LogP contribution in [0.25, 0.3) is 10.2 Å². The van der Waals surface area contributed by atoms with E-state index in [-0.39, 0.29) is 4.91 Å². The first kappa shape index (κ1) is 20.2. The van der Waals surface area contributed by atoms with E-state index < -0.39 is 10.0 Å². The molecule has 0 spiro atoms. The number of morpholine rings is 1. The van der Waals surface area contributed by atoms with Crippen molar-refractivity contribution in [1.82, 2.24) is 9.97 Å². The number of rotatable bonds is 7. The van der Waals surface area contributed by atoms with Crippen LogP contribution in [0.4, 0.5) is 10.8 Å². The fourth-order valence-corrected chi connectivity index (χ4v) is 5.11. The quantitative estimate of drug-likeness (QED) is 0.694. The number of ether oxygens (including phenoxy) is 1. The molecule has 1 aliphatic rings. The van der Waals surface area contributed by atoms with Gasteiger partial charge in [-0.3, -0.25) is 4.72 Å². The predicted molar refractivity (Wildman–Crippen MR) is 115 cm³/mol. The molecule has 9 heteroatoms. The molecule has 0 amide bonds. The van der Waals surface area contributed by atoms with Gasteiger partial charge in [0.2, 0.25) is 0 Å². The molecular weight excluding hydrogens is 396 g/mol. The average Bonchev–Trinajstić information content (AvgIpc) is 3.06. The third-order valence-corrected chi connectivity index (χ3v) is 6.55. The Hall–Kier alpha value is -2.49. The highest BCUT2D eigenvalue weighted by Gasteiger charge is 2.21. The molecular formula is C19H22N4O3S2.